The van der Waals surface area contributed by atoms with Gasteiger partial charge in [0.25, 0.3) is 0 Å². The summed E-state index contributed by atoms with van der Waals surface area (Å²) in [6.07, 6.45) is 3.85. The Bertz CT molecular complexity index is 468. The molecule has 0 aliphatic carbocycles. The van der Waals surface area contributed by atoms with Crippen LogP contribution in [0.2, 0.25) is 0 Å². The van der Waals surface area contributed by atoms with Gasteiger partial charge in [-0.25, -0.2) is 4.98 Å². The monoisotopic (exact) mass is 277 g/mol. The van der Waals surface area contributed by atoms with Crippen molar-refractivity contribution in [3.05, 3.63) is 18.3 Å². The van der Waals surface area contributed by atoms with Crippen molar-refractivity contribution in [1.29, 1.82) is 0 Å². The van der Waals surface area contributed by atoms with E-state index in [1.807, 2.05) is 13.8 Å². The molecule has 5 nitrogen and oxygen atoms in total. The summed E-state index contributed by atoms with van der Waals surface area (Å²) in [6, 6.07) is 3.59. The first-order valence-electron chi connectivity index (χ1n) is 7.07. The van der Waals surface area contributed by atoms with Crippen LogP contribution < -0.4 is 15.4 Å². The van der Waals surface area contributed by atoms with Gasteiger partial charge in [-0.2, -0.15) is 0 Å². The molecule has 1 atom stereocenters. The Hall–Kier alpha value is -1.62. The number of methoxy groups -OCH3 is 1. The number of nitrogens with zero attached hydrogens (tertiary/aromatic N) is 1. The van der Waals surface area contributed by atoms with Crippen molar-refractivity contribution in [3.63, 3.8) is 0 Å². The summed E-state index contributed by atoms with van der Waals surface area (Å²) >= 11 is 0. The molecule has 0 spiro atoms. The summed E-state index contributed by atoms with van der Waals surface area (Å²) in [4.78, 5) is 16.7. The lowest BCUT2D eigenvalue weighted by atomic mass is 9.74. The van der Waals surface area contributed by atoms with Gasteiger partial charge >= 0.3 is 0 Å². The molecule has 0 radical (unpaired) electrons. The molecule has 1 aromatic rings. The Morgan fingerprint density at radius 3 is 3.00 bits per heavy atom. The Kier molecular flexibility index (Phi) is 4.60. The fourth-order valence-corrected chi connectivity index (χ4v) is 2.59. The minimum atomic E-state index is -0.422. The van der Waals surface area contributed by atoms with E-state index in [9.17, 15) is 4.79 Å². The van der Waals surface area contributed by atoms with E-state index in [-0.39, 0.29) is 5.91 Å². The predicted octanol–water partition coefficient (Wildman–Crippen LogP) is 2.05. The number of hydrogen-bond donors (Lipinski definition) is 2. The fourth-order valence-electron chi connectivity index (χ4n) is 2.59. The van der Waals surface area contributed by atoms with Crippen LogP contribution in [0.4, 0.5) is 5.69 Å². The summed E-state index contributed by atoms with van der Waals surface area (Å²) in [5.74, 6) is 0.801. The van der Waals surface area contributed by atoms with Crippen molar-refractivity contribution < 1.29 is 9.53 Å². The fraction of sp³-hybridized carbons (Fsp3) is 0.600. The molecule has 5 heteroatoms. The van der Waals surface area contributed by atoms with Gasteiger partial charge in [0.1, 0.15) is 5.69 Å². The summed E-state index contributed by atoms with van der Waals surface area (Å²) in [5, 5.41) is 6.31. The third-order valence-corrected chi connectivity index (χ3v) is 4.12. The first kappa shape index (κ1) is 14.8. The number of piperidine rings is 1. The molecule has 1 aliphatic heterocycles. The van der Waals surface area contributed by atoms with E-state index in [1.165, 1.54) is 0 Å². The van der Waals surface area contributed by atoms with Gasteiger partial charge in [0.2, 0.25) is 11.8 Å². The van der Waals surface area contributed by atoms with Crippen LogP contribution in [0.5, 0.6) is 5.88 Å². The number of rotatable bonds is 4. The first-order valence-corrected chi connectivity index (χ1v) is 7.07. The van der Waals surface area contributed by atoms with Crippen LogP contribution in [0.1, 0.15) is 26.7 Å². The second kappa shape index (κ2) is 6.22. The molecular formula is C15H23N3O2. The van der Waals surface area contributed by atoms with Crippen molar-refractivity contribution >= 4 is 11.6 Å². The van der Waals surface area contributed by atoms with Gasteiger partial charge < -0.3 is 15.4 Å². The minimum Gasteiger partial charge on any atom is -0.480 e. The van der Waals surface area contributed by atoms with E-state index >= 15 is 0 Å². The van der Waals surface area contributed by atoms with Crippen molar-refractivity contribution in [2.24, 2.45) is 11.3 Å². The third-order valence-electron chi connectivity index (χ3n) is 4.12. The molecule has 1 unspecified atom stereocenters. The number of pyridine rings is 1. The summed E-state index contributed by atoms with van der Waals surface area (Å²) in [6.45, 7) is 5.95. The number of anilines is 1. The summed E-state index contributed by atoms with van der Waals surface area (Å²) in [7, 11) is 1.55. The largest absolute Gasteiger partial charge is 0.480 e. The average molecular weight is 277 g/mol. The van der Waals surface area contributed by atoms with E-state index in [0.29, 0.717) is 17.5 Å². The second-order valence-electron chi connectivity index (χ2n) is 5.78. The van der Waals surface area contributed by atoms with E-state index in [0.717, 1.165) is 25.9 Å². The Morgan fingerprint density at radius 2 is 2.35 bits per heavy atom. The highest BCUT2D eigenvalue weighted by Crippen LogP contribution is 2.33. The van der Waals surface area contributed by atoms with Crippen LogP contribution in [0, 0.1) is 11.3 Å². The van der Waals surface area contributed by atoms with Gasteiger partial charge in [-0.05, 0) is 44.0 Å². The topological polar surface area (TPSA) is 63.2 Å². The Labute approximate surface area is 120 Å². The highest BCUT2D eigenvalue weighted by atomic mass is 16.5. The van der Waals surface area contributed by atoms with Crippen molar-refractivity contribution in [2.75, 3.05) is 25.5 Å². The van der Waals surface area contributed by atoms with Gasteiger partial charge in [0, 0.05) is 11.6 Å². The number of hydrogen-bond acceptors (Lipinski definition) is 4. The molecule has 2 rings (SSSR count). The van der Waals surface area contributed by atoms with Crippen LogP contribution in [-0.4, -0.2) is 31.1 Å². The highest BCUT2D eigenvalue weighted by Gasteiger charge is 2.37. The number of amides is 1. The molecule has 0 aromatic carbocycles. The molecule has 1 aromatic heterocycles. The molecule has 2 heterocycles. The molecule has 1 aliphatic rings. The van der Waals surface area contributed by atoms with Gasteiger partial charge in [-0.15, -0.1) is 0 Å². The maximum Gasteiger partial charge on any atom is 0.237 e. The smallest absolute Gasteiger partial charge is 0.237 e. The number of carbonyl (C=O) groups is 1. The Morgan fingerprint density at radius 1 is 1.55 bits per heavy atom. The molecule has 2 N–H and O–H groups in total. The normalized spacial score (nSPS) is 19.4. The SMILES string of the molecule is COc1ncccc1NC(=O)C(C)(C)C1CCCNC1. The number of ether oxygens (including phenoxy) is 1. The first-order chi connectivity index (χ1) is 9.55. The maximum absolute atomic E-state index is 12.6. The molecule has 1 saturated heterocycles. The summed E-state index contributed by atoms with van der Waals surface area (Å²) in [5.41, 5.74) is 0.200. The zero-order chi connectivity index (χ0) is 14.6. The standard InChI is InChI=1S/C15H23N3O2/c1-15(2,11-6-4-8-16-10-11)14(19)18-12-7-5-9-17-13(12)20-3/h5,7,9,11,16H,4,6,8,10H2,1-3H3,(H,18,19). The molecule has 110 valence electrons. The molecule has 0 saturated carbocycles. The van der Waals surface area contributed by atoms with Gasteiger partial charge in [0.05, 0.1) is 7.11 Å². The number of carbonyl (C=O) groups excluding carboxylic acids is 1. The number of nitrogens with one attached hydrogen (secondary N) is 2. The van der Waals surface area contributed by atoms with E-state index in [2.05, 4.69) is 15.6 Å². The van der Waals surface area contributed by atoms with Crippen LogP contribution >= 0.6 is 0 Å². The van der Waals surface area contributed by atoms with E-state index in [4.69, 9.17) is 4.74 Å². The molecule has 0 bridgehead atoms. The second-order valence-corrected chi connectivity index (χ2v) is 5.78. The predicted molar refractivity (Wildman–Crippen MR) is 78.8 cm³/mol. The van der Waals surface area contributed by atoms with Crippen LogP contribution in [0.3, 0.4) is 0 Å². The third kappa shape index (κ3) is 3.10. The van der Waals surface area contributed by atoms with Gasteiger partial charge in [-0.3, -0.25) is 4.79 Å². The maximum atomic E-state index is 12.6. The zero-order valence-corrected chi connectivity index (χ0v) is 12.4. The van der Waals surface area contributed by atoms with Crippen LogP contribution in [0.25, 0.3) is 0 Å². The van der Waals surface area contributed by atoms with Crippen molar-refractivity contribution in [1.82, 2.24) is 10.3 Å². The van der Waals surface area contributed by atoms with Crippen molar-refractivity contribution in [2.45, 2.75) is 26.7 Å². The molecular weight excluding hydrogens is 254 g/mol. The van der Waals surface area contributed by atoms with E-state index < -0.39 is 5.41 Å². The van der Waals surface area contributed by atoms with Crippen LogP contribution in [0.15, 0.2) is 18.3 Å². The Balaban J connectivity index is 2.10. The van der Waals surface area contributed by atoms with Gasteiger partial charge in [0.15, 0.2) is 0 Å². The zero-order valence-electron chi connectivity index (χ0n) is 12.4. The van der Waals surface area contributed by atoms with E-state index in [1.54, 1.807) is 25.4 Å². The lowest BCUT2D eigenvalue weighted by molar-refractivity contribution is -0.127. The van der Waals surface area contributed by atoms with Crippen LogP contribution in [-0.2, 0) is 4.79 Å². The van der Waals surface area contributed by atoms with Gasteiger partial charge in [-0.1, -0.05) is 13.8 Å². The average Bonchev–Trinajstić information content (AvgIpc) is 2.48. The molecule has 1 fully saturated rings. The lowest BCUT2D eigenvalue weighted by Crippen LogP contribution is -2.44. The molecule has 1 amide bonds. The lowest BCUT2D eigenvalue weighted by Gasteiger charge is -2.36. The number of aromatic nitrogens is 1. The summed E-state index contributed by atoms with van der Waals surface area (Å²) < 4.78 is 5.17. The van der Waals surface area contributed by atoms with Crippen molar-refractivity contribution in [3.8, 4) is 5.88 Å². The highest BCUT2D eigenvalue weighted by molar-refractivity contribution is 5.96. The minimum absolute atomic E-state index is 0.0116. The quantitative estimate of drug-likeness (QED) is 0.884. The molecule has 20 heavy (non-hydrogen) atoms.